The van der Waals surface area contributed by atoms with Crippen molar-refractivity contribution in [3.8, 4) is 17.2 Å². The lowest BCUT2D eigenvalue weighted by Gasteiger charge is -2.33. The number of fused-ring (bicyclic) bond motifs is 4. The predicted molar refractivity (Wildman–Crippen MR) is 227 cm³/mol. The second kappa shape index (κ2) is 18.0. The molecule has 4 aliphatic heterocycles. The second-order valence-corrected chi connectivity index (χ2v) is 16.6. The molecule has 0 radical (unpaired) electrons. The minimum atomic E-state index is -0.319. The maximum absolute atomic E-state index is 13.7. The molecule has 0 aliphatic carbocycles. The van der Waals surface area contributed by atoms with E-state index in [1.165, 1.54) is 12.1 Å². The number of piperidine rings is 1. The summed E-state index contributed by atoms with van der Waals surface area (Å²) in [7, 11) is 1.82. The van der Waals surface area contributed by atoms with Crippen molar-refractivity contribution in [1.82, 2.24) is 24.8 Å². The number of aromatic nitrogens is 1. The predicted octanol–water partition coefficient (Wildman–Crippen LogP) is 6.79. The van der Waals surface area contributed by atoms with E-state index < -0.39 is 0 Å². The molecule has 0 unspecified atom stereocenters. The summed E-state index contributed by atoms with van der Waals surface area (Å²) in [5, 5.41) is 5.17. The molecule has 9 rings (SSSR count). The number of rotatable bonds is 15. The summed E-state index contributed by atoms with van der Waals surface area (Å²) < 4.78 is 37.1. The van der Waals surface area contributed by atoms with Crippen LogP contribution in [0.4, 0.5) is 4.39 Å². The van der Waals surface area contributed by atoms with Crippen molar-refractivity contribution in [2.24, 2.45) is 0 Å². The molecule has 1 saturated heterocycles. The zero-order valence-corrected chi connectivity index (χ0v) is 34.7. The largest absolute Gasteiger partial charge is 0.494 e. The average Bonchev–Trinajstić information content (AvgIpc) is 3.70. The number of nitrogens with zero attached hydrogens (tertiary/aromatic N) is 5. The van der Waals surface area contributed by atoms with Crippen molar-refractivity contribution in [3.05, 3.63) is 118 Å². The molecule has 0 spiro atoms. The minimum Gasteiger partial charge on any atom is -0.494 e. The van der Waals surface area contributed by atoms with Gasteiger partial charge < -0.3 is 38.3 Å². The fourth-order valence-corrected chi connectivity index (χ4v) is 9.08. The highest BCUT2D eigenvalue weighted by Crippen LogP contribution is 2.33. The van der Waals surface area contributed by atoms with Gasteiger partial charge in [-0.3, -0.25) is 14.4 Å². The number of halogens is 1. The highest BCUT2D eigenvalue weighted by atomic mass is 19.1. The first-order valence-electron chi connectivity index (χ1n) is 21.7. The number of hydrogen-bond acceptors (Lipinski definition) is 9. The SMILES string of the molecule is CN1CCc2ccc(OCCCOc3ccc4c(c3)C(=O)N(CCN3CCc5ccc(OCCCN6CCC(c7noc8cc(F)ccc78)CC6)cc5C3=O)CC4)cc2C1=O. The maximum atomic E-state index is 13.7. The summed E-state index contributed by atoms with van der Waals surface area (Å²) in [6, 6.07) is 21.9. The van der Waals surface area contributed by atoms with Crippen LogP contribution in [0, 0.1) is 5.82 Å². The molecule has 0 N–H and O–H groups in total. The second-order valence-electron chi connectivity index (χ2n) is 16.6. The van der Waals surface area contributed by atoms with Crippen molar-refractivity contribution < 1.29 is 37.5 Å². The molecular weight excluding hydrogens is 778 g/mol. The van der Waals surface area contributed by atoms with Gasteiger partial charge >= 0.3 is 0 Å². The average molecular weight is 830 g/mol. The lowest BCUT2D eigenvalue weighted by molar-refractivity contribution is 0.0643. The van der Waals surface area contributed by atoms with Crippen LogP contribution in [-0.4, -0.2) is 122 Å². The van der Waals surface area contributed by atoms with E-state index in [-0.39, 0.29) is 23.5 Å². The zero-order chi connectivity index (χ0) is 41.9. The Hall–Kier alpha value is -5.95. The number of hydrogen-bond donors (Lipinski definition) is 0. The van der Waals surface area contributed by atoms with Crippen molar-refractivity contribution in [1.29, 1.82) is 0 Å². The van der Waals surface area contributed by atoms with Crippen LogP contribution in [0.15, 0.2) is 77.3 Å². The molecule has 5 aromatic rings. The molecule has 1 fully saturated rings. The fourth-order valence-electron chi connectivity index (χ4n) is 9.08. The molecule has 318 valence electrons. The highest BCUT2D eigenvalue weighted by Gasteiger charge is 2.30. The van der Waals surface area contributed by atoms with Gasteiger partial charge in [0.25, 0.3) is 17.7 Å². The number of carbonyl (C=O) groups is 3. The Morgan fingerprint density at radius 2 is 1.15 bits per heavy atom. The Morgan fingerprint density at radius 1 is 0.623 bits per heavy atom. The van der Waals surface area contributed by atoms with E-state index in [0.29, 0.717) is 97.9 Å². The molecule has 0 bridgehead atoms. The van der Waals surface area contributed by atoms with E-state index >= 15 is 0 Å². The van der Waals surface area contributed by atoms with Gasteiger partial charge in [0.05, 0.1) is 25.5 Å². The Kier molecular flexibility index (Phi) is 11.9. The van der Waals surface area contributed by atoms with E-state index in [0.717, 1.165) is 92.5 Å². The number of likely N-dealkylation sites (N-methyl/N-ethyl adjacent to an activating group) is 1. The minimum absolute atomic E-state index is 0.0230. The van der Waals surface area contributed by atoms with Gasteiger partial charge in [0.2, 0.25) is 0 Å². The molecular formula is C48H52FN5O7. The monoisotopic (exact) mass is 829 g/mol. The third kappa shape index (κ3) is 8.93. The molecule has 4 aromatic carbocycles. The van der Waals surface area contributed by atoms with E-state index in [1.54, 1.807) is 11.0 Å². The summed E-state index contributed by atoms with van der Waals surface area (Å²) in [5.74, 6) is 1.92. The Morgan fingerprint density at radius 3 is 1.72 bits per heavy atom. The highest BCUT2D eigenvalue weighted by molar-refractivity contribution is 5.98. The summed E-state index contributed by atoms with van der Waals surface area (Å²) in [6.45, 7) is 7.07. The van der Waals surface area contributed by atoms with Crippen LogP contribution in [0.1, 0.15) is 85.1 Å². The third-order valence-electron chi connectivity index (χ3n) is 12.7. The number of amides is 3. The first-order valence-corrected chi connectivity index (χ1v) is 21.7. The zero-order valence-electron chi connectivity index (χ0n) is 34.7. The molecule has 5 heterocycles. The Labute approximate surface area is 355 Å². The molecule has 13 heteroatoms. The van der Waals surface area contributed by atoms with Crippen LogP contribution in [-0.2, 0) is 19.3 Å². The van der Waals surface area contributed by atoms with E-state index in [4.69, 9.17) is 18.7 Å². The van der Waals surface area contributed by atoms with Gasteiger partial charge in [-0.2, -0.15) is 0 Å². The van der Waals surface area contributed by atoms with Gasteiger partial charge in [0.1, 0.15) is 23.1 Å². The van der Waals surface area contributed by atoms with Crippen molar-refractivity contribution in [2.45, 2.75) is 50.9 Å². The van der Waals surface area contributed by atoms with Crippen LogP contribution >= 0.6 is 0 Å². The van der Waals surface area contributed by atoms with Crippen LogP contribution in [0.2, 0.25) is 0 Å². The fraction of sp³-hybridized carbons (Fsp3) is 0.417. The Balaban J connectivity index is 0.703. The van der Waals surface area contributed by atoms with Gasteiger partial charge in [-0.15, -0.1) is 0 Å². The number of ether oxygens (including phenoxy) is 3. The summed E-state index contributed by atoms with van der Waals surface area (Å²) in [5.41, 5.74) is 6.52. The molecule has 0 saturated carbocycles. The molecule has 0 atom stereocenters. The standard InChI is InChI=1S/C48H52FN5O7/c1-51-18-12-32-4-8-37(29-41(32)46(51)55)59-26-3-27-60-39-10-6-34-16-22-54(48(57)43(34)31-39)24-23-53-21-15-33-5-9-38(30-42(33)47(53)56)58-25-2-17-52-19-13-35(14-20-52)45-40-11-7-36(49)28-44(40)61-50-45/h4-11,28-31,35H,2-3,12-27H2,1H3. The van der Waals surface area contributed by atoms with E-state index in [9.17, 15) is 18.8 Å². The van der Waals surface area contributed by atoms with Crippen LogP contribution in [0.5, 0.6) is 17.2 Å². The van der Waals surface area contributed by atoms with Gasteiger partial charge in [-0.1, -0.05) is 23.4 Å². The molecule has 1 aromatic heterocycles. The van der Waals surface area contributed by atoms with Crippen molar-refractivity contribution in [2.75, 3.05) is 79.2 Å². The van der Waals surface area contributed by atoms with Crippen LogP contribution in [0.3, 0.4) is 0 Å². The summed E-state index contributed by atoms with van der Waals surface area (Å²) in [6.07, 6.45) is 5.79. The normalized spacial score (nSPS) is 17.1. The van der Waals surface area contributed by atoms with Crippen LogP contribution in [0.25, 0.3) is 11.0 Å². The van der Waals surface area contributed by atoms with E-state index in [1.807, 2.05) is 71.4 Å². The molecule has 12 nitrogen and oxygen atoms in total. The lowest BCUT2D eigenvalue weighted by Crippen LogP contribution is -2.45. The quantitative estimate of drug-likeness (QED) is 0.105. The third-order valence-corrected chi connectivity index (χ3v) is 12.7. The first-order chi connectivity index (χ1) is 29.8. The lowest BCUT2D eigenvalue weighted by atomic mass is 9.91. The number of carbonyl (C=O) groups excluding carboxylic acids is 3. The number of benzene rings is 4. The van der Waals surface area contributed by atoms with Crippen molar-refractivity contribution in [3.63, 3.8) is 0 Å². The molecule has 3 amide bonds. The summed E-state index contributed by atoms with van der Waals surface area (Å²) >= 11 is 0. The first kappa shape index (κ1) is 40.5. The van der Waals surface area contributed by atoms with E-state index in [2.05, 4.69) is 10.1 Å². The van der Waals surface area contributed by atoms with Gasteiger partial charge in [-0.05, 0) is 117 Å². The van der Waals surface area contributed by atoms with Crippen molar-refractivity contribution >= 4 is 28.7 Å². The van der Waals surface area contributed by atoms with Gasteiger partial charge in [0, 0.05) is 86.8 Å². The number of likely N-dealkylation sites (tertiary alicyclic amines) is 1. The van der Waals surface area contributed by atoms with Gasteiger partial charge in [-0.25, -0.2) is 4.39 Å². The Bertz CT molecular complexity index is 2430. The maximum Gasteiger partial charge on any atom is 0.254 e. The topological polar surface area (TPSA) is 118 Å². The smallest absolute Gasteiger partial charge is 0.254 e. The molecule has 4 aliphatic rings. The van der Waals surface area contributed by atoms with Gasteiger partial charge in [0.15, 0.2) is 5.58 Å². The van der Waals surface area contributed by atoms with Crippen LogP contribution < -0.4 is 14.2 Å². The molecule has 61 heavy (non-hydrogen) atoms. The summed E-state index contributed by atoms with van der Waals surface area (Å²) in [4.78, 5) is 47.8.